The molecule has 0 unspecified atom stereocenters. The maximum absolute atomic E-state index is 13.1. The fraction of sp³-hybridized carbons (Fsp3) is 0.100. The van der Waals surface area contributed by atoms with Crippen molar-refractivity contribution in [2.75, 3.05) is 7.11 Å². The second-order valence-corrected chi connectivity index (χ2v) is 5.82. The van der Waals surface area contributed by atoms with Crippen molar-refractivity contribution in [2.24, 2.45) is 7.05 Å². The van der Waals surface area contributed by atoms with E-state index in [4.69, 9.17) is 4.74 Å². The van der Waals surface area contributed by atoms with Gasteiger partial charge in [-0.15, -0.1) is 0 Å². The normalized spacial score (nSPS) is 10.8. The number of hydrogen-bond donors (Lipinski definition) is 0. The average molecular weight is 344 g/mol. The molecule has 0 fully saturated rings. The van der Waals surface area contributed by atoms with Gasteiger partial charge in [-0.25, -0.2) is 9.97 Å². The minimum absolute atomic E-state index is 0.176. The highest BCUT2D eigenvalue weighted by Crippen LogP contribution is 2.24. The minimum atomic E-state index is -0.176. The maximum Gasteiger partial charge on any atom is 0.212 e. The molecular formula is C20H16N4O2. The summed E-state index contributed by atoms with van der Waals surface area (Å²) in [5.74, 6) is 1.02. The fourth-order valence-corrected chi connectivity index (χ4v) is 2.79. The number of aryl methyl sites for hydroxylation is 1. The summed E-state index contributed by atoms with van der Waals surface area (Å²) in [5, 5.41) is 4.87. The van der Waals surface area contributed by atoms with Crippen molar-refractivity contribution in [3.05, 3.63) is 72.1 Å². The van der Waals surface area contributed by atoms with Crippen molar-refractivity contribution in [3.63, 3.8) is 0 Å². The van der Waals surface area contributed by atoms with E-state index < -0.39 is 0 Å². The molecule has 6 nitrogen and oxygen atoms in total. The number of fused-ring (bicyclic) bond motifs is 1. The first-order chi connectivity index (χ1) is 12.7. The minimum Gasteiger partial charge on any atom is -0.497 e. The van der Waals surface area contributed by atoms with Gasteiger partial charge in [0.1, 0.15) is 11.4 Å². The monoisotopic (exact) mass is 344 g/mol. The highest BCUT2D eigenvalue weighted by molar-refractivity contribution is 6.14. The maximum atomic E-state index is 13.1. The summed E-state index contributed by atoms with van der Waals surface area (Å²) in [7, 11) is 3.39. The summed E-state index contributed by atoms with van der Waals surface area (Å²) in [6.07, 6.45) is 1.63. The van der Waals surface area contributed by atoms with Crippen molar-refractivity contribution >= 4 is 16.8 Å². The van der Waals surface area contributed by atoms with Gasteiger partial charge < -0.3 is 4.74 Å². The molecular weight excluding hydrogens is 328 g/mol. The van der Waals surface area contributed by atoms with Crippen LogP contribution in [0.1, 0.15) is 16.1 Å². The molecule has 6 heteroatoms. The predicted molar refractivity (Wildman–Crippen MR) is 98.2 cm³/mol. The number of rotatable bonds is 4. The molecule has 2 aromatic carbocycles. The molecule has 0 saturated heterocycles. The number of ketones is 1. The van der Waals surface area contributed by atoms with E-state index >= 15 is 0 Å². The third kappa shape index (κ3) is 2.71. The Bertz CT molecular complexity index is 1090. The Hall–Kier alpha value is -3.54. The van der Waals surface area contributed by atoms with Crippen LogP contribution in [0.3, 0.4) is 0 Å². The van der Waals surface area contributed by atoms with E-state index in [2.05, 4.69) is 15.1 Å². The molecule has 0 N–H and O–H groups in total. The summed E-state index contributed by atoms with van der Waals surface area (Å²) >= 11 is 0. The lowest BCUT2D eigenvalue weighted by atomic mass is 10.1. The zero-order chi connectivity index (χ0) is 18.1. The Morgan fingerprint density at radius 2 is 1.73 bits per heavy atom. The van der Waals surface area contributed by atoms with Crippen LogP contribution in [-0.2, 0) is 7.05 Å². The van der Waals surface area contributed by atoms with Crippen molar-refractivity contribution in [3.8, 4) is 17.1 Å². The number of methoxy groups -OCH3 is 1. The molecule has 0 aliphatic heterocycles. The molecule has 4 rings (SSSR count). The van der Waals surface area contributed by atoms with Crippen LogP contribution in [0.4, 0.5) is 0 Å². The number of aromatic nitrogens is 4. The van der Waals surface area contributed by atoms with Gasteiger partial charge in [0.15, 0.2) is 11.5 Å². The first-order valence-corrected chi connectivity index (χ1v) is 8.11. The van der Waals surface area contributed by atoms with Gasteiger partial charge in [-0.05, 0) is 24.3 Å². The van der Waals surface area contributed by atoms with Gasteiger partial charge in [-0.2, -0.15) is 5.10 Å². The first-order valence-electron chi connectivity index (χ1n) is 8.11. The van der Waals surface area contributed by atoms with Gasteiger partial charge in [-0.1, -0.05) is 30.3 Å². The van der Waals surface area contributed by atoms with Crippen LogP contribution in [-0.4, -0.2) is 32.6 Å². The van der Waals surface area contributed by atoms with E-state index in [0.29, 0.717) is 33.9 Å². The highest BCUT2D eigenvalue weighted by atomic mass is 16.5. The molecule has 0 atom stereocenters. The number of nitrogens with zero attached hydrogens (tertiary/aromatic N) is 4. The molecule has 0 saturated carbocycles. The quantitative estimate of drug-likeness (QED) is 0.531. The molecule has 0 radical (unpaired) electrons. The third-order valence-electron chi connectivity index (χ3n) is 4.19. The van der Waals surface area contributed by atoms with Crippen molar-refractivity contribution in [1.82, 2.24) is 19.7 Å². The number of carbonyl (C=O) groups is 1. The van der Waals surface area contributed by atoms with Crippen LogP contribution in [0.5, 0.6) is 5.75 Å². The summed E-state index contributed by atoms with van der Waals surface area (Å²) in [6, 6.07) is 16.6. The Morgan fingerprint density at radius 1 is 1.00 bits per heavy atom. The average Bonchev–Trinajstić information content (AvgIpc) is 3.08. The highest BCUT2D eigenvalue weighted by Gasteiger charge is 2.19. The molecule has 4 aromatic rings. The number of carbonyl (C=O) groups excluding carboxylic acids is 1. The van der Waals surface area contributed by atoms with Crippen LogP contribution in [0.2, 0.25) is 0 Å². The second kappa shape index (κ2) is 6.40. The van der Waals surface area contributed by atoms with Crippen molar-refractivity contribution < 1.29 is 9.53 Å². The zero-order valence-electron chi connectivity index (χ0n) is 14.4. The van der Waals surface area contributed by atoms with Gasteiger partial charge in [-0.3, -0.25) is 9.48 Å². The number of benzene rings is 2. The summed E-state index contributed by atoms with van der Waals surface area (Å²) in [5.41, 5.74) is 2.34. The summed E-state index contributed by atoms with van der Waals surface area (Å²) in [4.78, 5) is 22.2. The van der Waals surface area contributed by atoms with E-state index in [9.17, 15) is 4.79 Å². The topological polar surface area (TPSA) is 69.9 Å². The van der Waals surface area contributed by atoms with Crippen LogP contribution in [0, 0.1) is 0 Å². The van der Waals surface area contributed by atoms with Gasteiger partial charge in [0.25, 0.3) is 0 Å². The molecule has 0 spiro atoms. The second-order valence-electron chi connectivity index (χ2n) is 5.82. The lowest BCUT2D eigenvalue weighted by Crippen LogP contribution is -2.08. The van der Waals surface area contributed by atoms with Crippen LogP contribution < -0.4 is 4.74 Å². The summed E-state index contributed by atoms with van der Waals surface area (Å²) < 4.78 is 6.80. The van der Waals surface area contributed by atoms with Gasteiger partial charge in [0.2, 0.25) is 5.78 Å². The number of ether oxygens (including phenoxy) is 1. The van der Waals surface area contributed by atoms with Gasteiger partial charge in [0, 0.05) is 18.2 Å². The smallest absolute Gasteiger partial charge is 0.212 e. The Morgan fingerprint density at radius 3 is 2.42 bits per heavy atom. The molecule has 0 amide bonds. The van der Waals surface area contributed by atoms with Crippen LogP contribution in [0.25, 0.3) is 22.4 Å². The van der Waals surface area contributed by atoms with Crippen molar-refractivity contribution in [2.45, 2.75) is 0 Å². The van der Waals surface area contributed by atoms with Gasteiger partial charge in [0.05, 0.1) is 18.7 Å². The SMILES string of the molecule is COc1ccc(C(=O)c2nc(-c3ccccc3)nc3c2cnn3C)cc1. The lowest BCUT2D eigenvalue weighted by molar-refractivity contribution is 0.103. The first kappa shape index (κ1) is 16.0. The zero-order valence-corrected chi connectivity index (χ0v) is 14.4. The van der Waals surface area contributed by atoms with Crippen molar-refractivity contribution in [1.29, 1.82) is 0 Å². The molecule has 128 valence electrons. The molecule has 0 aliphatic rings. The Kier molecular flexibility index (Phi) is 3.93. The fourth-order valence-electron chi connectivity index (χ4n) is 2.79. The molecule has 26 heavy (non-hydrogen) atoms. The van der Waals surface area contributed by atoms with E-state index in [-0.39, 0.29) is 5.78 Å². The molecule has 2 aromatic heterocycles. The third-order valence-corrected chi connectivity index (χ3v) is 4.19. The standard InChI is InChI=1S/C20H16N4O2/c1-24-20-16(12-21-24)17(18(25)13-8-10-15(26-2)11-9-13)22-19(23-20)14-6-4-3-5-7-14/h3-12H,1-2H3. The Labute approximate surface area is 150 Å². The van der Waals surface area contributed by atoms with Crippen LogP contribution in [0.15, 0.2) is 60.8 Å². The van der Waals surface area contributed by atoms with E-state index in [0.717, 1.165) is 5.56 Å². The van der Waals surface area contributed by atoms with Gasteiger partial charge >= 0.3 is 0 Å². The molecule has 0 aliphatic carbocycles. The van der Waals surface area contributed by atoms with E-state index in [1.165, 1.54) is 0 Å². The largest absolute Gasteiger partial charge is 0.497 e. The number of hydrogen-bond acceptors (Lipinski definition) is 5. The molecule has 0 bridgehead atoms. The van der Waals surface area contributed by atoms with Crippen LogP contribution >= 0.6 is 0 Å². The lowest BCUT2D eigenvalue weighted by Gasteiger charge is -2.07. The molecule has 2 heterocycles. The van der Waals surface area contributed by atoms with E-state index in [1.54, 1.807) is 49.3 Å². The summed E-state index contributed by atoms with van der Waals surface area (Å²) in [6.45, 7) is 0. The Balaban J connectivity index is 1.88. The predicted octanol–water partition coefficient (Wildman–Crippen LogP) is 3.27. The van der Waals surface area contributed by atoms with E-state index in [1.807, 2.05) is 30.3 Å².